The van der Waals surface area contributed by atoms with Crippen LogP contribution in [-0.2, 0) is 26.3 Å². The summed E-state index contributed by atoms with van der Waals surface area (Å²) in [6.07, 6.45) is 6.54. The second kappa shape index (κ2) is 8.36. The molecular formula is C18H19NO5S2. The van der Waals surface area contributed by atoms with E-state index in [-0.39, 0.29) is 22.9 Å². The van der Waals surface area contributed by atoms with Crippen molar-refractivity contribution in [2.24, 2.45) is 0 Å². The summed E-state index contributed by atoms with van der Waals surface area (Å²) >= 11 is 0. The first-order chi connectivity index (χ1) is 12.2. The highest BCUT2D eigenvalue weighted by Gasteiger charge is 2.22. The van der Waals surface area contributed by atoms with E-state index in [1.54, 1.807) is 12.1 Å². The Morgan fingerprint density at radius 1 is 1.00 bits per heavy atom. The Labute approximate surface area is 154 Å². The fourth-order valence-electron chi connectivity index (χ4n) is 2.26. The van der Waals surface area contributed by atoms with Gasteiger partial charge in [0.1, 0.15) is 17.3 Å². The van der Waals surface area contributed by atoms with Gasteiger partial charge in [-0.3, -0.25) is 0 Å². The molecule has 1 N–H and O–H groups in total. The Morgan fingerprint density at radius 3 is 2.19 bits per heavy atom. The molecule has 0 atom stereocenters. The van der Waals surface area contributed by atoms with E-state index in [4.69, 9.17) is 11.2 Å². The molecule has 0 spiro atoms. The van der Waals surface area contributed by atoms with Gasteiger partial charge < -0.3 is 4.74 Å². The van der Waals surface area contributed by atoms with E-state index in [0.717, 1.165) is 11.8 Å². The Morgan fingerprint density at radius 2 is 1.62 bits per heavy atom. The van der Waals surface area contributed by atoms with Crippen molar-refractivity contribution < 1.29 is 21.6 Å². The first-order valence-electron chi connectivity index (χ1n) is 7.68. The predicted octanol–water partition coefficient (Wildman–Crippen LogP) is 1.62. The summed E-state index contributed by atoms with van der Waals surface area (Å²) in [5.41, 5.74) is 0.900. The standard InChI is InChI=1S/C18H19NO5S2/c1-3-14-24-16-10-8-15(9-11-16)12-13-19-26(22,23)18-7-5-4-6-17(18)25(2,20)21/h1,4-11,19H,12-14H2,2H3. The molecular weight excluding hydrogens is 374 g/mol. The molecule has 0 aliphatic rings. The lowest BCUT2D eigenvalue weighted by atomic mass is 10.1. The Hall–Kier alpha value is -2.34. The normalized spacial score (nSPS) is 11.7. The molecule has 0 fully saturated rings. The molecule has 0 saturated heterocycles. The topological polar surface area (TPSA) is 89.5 Å². The zero-order chi connectivity index (χ0) is 19.2. The van der Waals surface area contributed by atoms with Gasteiger partial charge in [0.2, 0.25) is 10.0 Å². The zero-order valence-corrected chi connectivity index (χ0v) is 15.8. The molecule has 138 valence electrons. The maximum Gasteiger partial charge on any atom is 0.241 e. The largest absolute Gasteiger partial charge is 0.481 e. The van der Waals surface area contributed by atoms with Crippen LogP contribution in [0.2, 0.25) is 0 Å². The van der Waals surface area contributed by atoms with Crippen molar-refractivity contribution in [2.45, 2.75) is 16.2 Å². The predicted molar refractivity (Wildman–Crippen MR) is 99.2 cm³/mol. The molecule has 0 radical (unpaired) electrons. The second-order valence-corrected chi connectivity index (χ2v) is 9.22. The van der Waals surface area contributed by atoms with Crippen molar-refractivity contribution in [3.63, 3.8) is 0 Å². The van der Waals surface area contributed by atoms with Gasteiger partial charge in [0, 0.05) is 12.8 Å². The highest BCUT2D eigenvalue weighted by Crippen LogP contribution is 2.20. The Kier molecular flexibility index (Phi) is 6.42. The number of rotatable bonds is 8. The Bertz CT molecular complexity index is 1000. The molecule has 0 aliphatic carbocycles. The minimum absolute atomic E-state index is 0.130. The van der Waals surface area contributed by atoms with Crippen molar-refractivity contribution in [1.29, 1.82) is 0 Å². The van der Waals surface area contributed by atoms with E-state index in [1.807, 2.05) is 12.1 Å². The van der Waals surface area contributed by atoms with Gasteiger partial charge in [-0.1, -0.05) is 30.2 Å². The fourth-order valence-corrected chi connectivity index (χ4v) is 4.92. The van der Waals surface area contributed by atoms with Crippen molar-refractivity contribution >= 4 is 19.9 Å². The van der Waals surface area contributed by atoms with Gasteiger partial charge in [-0.2, -0.15) is 0 Å². The van der Waals surface area contributed by atoms with E-state index >= 15 is 0 Å². The highest BCUT2D eigenvalue weighted by atomic mass is 32.2. The quantitative estimate of drug-likeness (QED) is 0.689. The van der Waals surface area contributed by atoms with Crippen LogP contribution in [0.4, 0.5) is 0 Å². The number of benzene rings is 2. The summed E-state index contributed by atoms with van der Waals surface area (Å²) in [7, 11) is -7.59. The average Bonchev–Trinajstić information content (AvgIpc) is 2.60. The average molecular weight is 393 g/mol. The van der Waals surface area contributed by atoms with Crippen LogP contribution >= 0.6 is 0 Å². The summed E-state index contributed by atoms with van der Waals surface area (Å²) in [5.74, 6) is 3.00. The highest BCUT2D eigenvalue weighted by molar-refractivity contribution is 7.93. The van der Waals surface area contributed by atoms with Crippen LogP contribution in [0.5, 0.6) is 5.75 Å². The van der Waals surface area contributed by atoms with E-state index in [2.05, 4.69) is 10.6 Å². The second-order valence-electron chi connectivity index (χ2n) is 5.50. The molecule has 0 bridgehead atoms. The molecule has 0 aliphatic heterocycles. The first-order valence-corrected chi connectivity index (χ1v) is 11.1. The lowest BCUT2D eigenvalue weighted by Gasteiger charge is -2.10. The summed E-state index contributed by atoms with van der Waals surface area (Å²) in [6.45, 7) is 0.309. The van der Waals surface area contributed by atoms with Crippen LogP contribution in [0.15, 0.2) is 58.3 Å². The van der Waals surface area contributed by atoms with Gasteiger partial charge in [0.05, 0.1) is 4.90 Å². The van der Waals surface area contributed by atoms with Crippen molar-refractivity contribution in [2.75, 3.05) is 19.4 Å². The third-order valence-electron chi connectivity index (χ3n) is 3.49. The summed E-state index contributed by atoms with van der Waals surface area (Å²) in [6, 6.07) is 12.6. The molecule has 2 rings (SSSR count). The number of sulfone groups is 1. The van der Waals surface area contributed by atoms with Crippen LogP contribution < -0.4 is 9.46 Å². The number of terminal acetylenes is 1. The molecule has 2 aromatic rings. The lowest BCUT2D eigenvalue weighted by Crippen LogP contribution is -2.27. The number of ether oxygens (including phenoxy) is 1. The van der Waals surface area contributed by atoms with Crippen LogP contribution in [0.1, 0.15) is 5.56 Å². The van der Waals surface area contributed by atoms with Gasteiger partial charge in [-0.05, 0) is 36.2 Å². The van der Waals surface area contributed by atoms with Crippen LogP contribution in [0, 0.1) is 12.3 Å². The van der Waals surface area contributed by atoms with Crippen LogP contribution in [-0.4, -0.2) is 36.2 Å². The fraction of sp³-hybridized carbons (Fsp3) is 0.222. The molecule has 26 heavy (non-hydrogen) atoms. The number of hydrogen-bond donors (Lipinski definition) is 1. The van der Waals surface area contributed by atoms with Crippen LogP contribution in [0.3, 0.4) is 0 Å². The third kappa shape index (κ3) is 5.33. The molecule has 6 nitrogen and oxygen atoms in total. The zero-order valence-electron chi connectivity index (χ0n) is 14.2. The van der Waals surface area contributed by atoms with Crippen LogP contribution in [0.25, 0.3) is 0 Å². The molecule has 0 heterocycles. The maximum absolute atomic E-state index is 12.4. The third-order valence-corrected chi connectivity index (χ3v) is 6.29. The molecule has 2 aromatic carbocycles. The van der Waals surface area contributed by atoms with E-state index in [0.29, 0.717) is 12.2 Å². The number of sulfonamides is 1. The van der Waals surface area contributed by atoms with Gasteiger partial charge in [0.25, 0.3) is 0 Å². The van der Waals surface area contributed by atoms with Gasteiger partial charge in [0.15, 0.2) is 9.84 Å². The molecule has 0 saturated carbocycles. The molecule has 0 amide bonds. The molecule has 0 aromatic heterocycles. The van der Waals surface area contributed by atoms with E-state index in [1.165, 1.54) is 24.3 Å². The summed E-state index contributed by atoms with van der Waals surface area (Å²) in [5, 5.41) is 0. The molecule has 8 heteroatoms. The van der Waals surface area contributed by atoms with Gasteiger partial charge in [-0.25, -0.2) is 21.6 Å². The van der Waals surface area contributed by atoms with Crippen molar-refractivity contribution in [3.8, 4) is 18.1 Å². The monoisotopic (exact) mass is 393 g/mol. The smallest absolute Gasteiger partial charge is 0.241 e. The van der Waals surface area contributed by atoms with Gasteiger partial charge >= 0.3 is 0 Å². The lowest BCUT2D eigenvalue weighted by molar-refractivity contribution is 0.370. The Balaban J connectivity index is 2.05. The maximum atomic E-state index is 12.4. The SMILES string of the molecule is C#CCOc1ccc(CCNS(=O)(=O)c2ccccc2S(C)(=O)=O)cc1. The van der Waals surface area contributed by atoms with E-state index in [9.17, 15) is 16.8 Å². The summed E-state index contributed by atoms with van der Waals surface area (Å²) in [4.78, 5) is -0.469. The minimum atomic E-state index is -3.94. The summed E-state index contributed by atoms with van der Waals surface area (Å²) < 4.78 is 56.2. The minimum Gasteiger partial charge on any atom is -0.481 e. The molecule has 0 unspecified atom stereocenters. The first kappa shape index (κ1) is 20.0. The van der Waals surface area contributed by atoms with E-state index < -0.39 is 19.9 Å². The number of hydrogen-bond acceptors (Lipinski definition) is 5. The van der Waals surface area contributed by atoms with Crippen molar-refractivity contribution in [3.05, 3.63) is 54.1 Å². The van der Waals surface area contributed by atoms with Gasteiger partial charge in [-0.15, -0.1) is 6.42 Å². The van der Waals surface area contributed by atoms with Crippen molar-refractivity contribution in [1.82, 2.24) is 4.72 Å². The number of nitrogens with one attached hydrogen (secondary N) is 1.